The van der Waals surface area contributed by atoms with Gasteiger partial charge in [0.15, 0.2) is 0 Å². The van der Waals surface area contributed by atoms with Crippen LogP contribution in [-0.4, -0.2) is 48.4 Å². The summed E-state index contributed by atoms with van der Waals surface area (Å²) in [6, 6.07) is 19.5. The van der Waals surface area contributed by atoms with Gasteiger partial charge >= 0.3 is 0 Å². The SMILES string of the molecule is CC(CNC(=O)C1CC2CCCCC2N1C(=O)c1ccccc1)N(C)c1ccccc1. The van der Waals surface area contributed by atoms with Crippen molar-refractivity contribution < 1.29 is 9.59 Å². The number of likely N-dealkylation sites (tertiary alicyclic amines) is 1. The van der Waals surface area contributed by atoms with E-state index in [1.165, 1.54) is 6.42 Å². The first-order valence-corrected chi connectivity index (χ1v) is 11.5. The van der Waals surface area contributed by atoms with Gasteiger partial charge in [0.1, 0.15) is 6.04 Å². The Morgan fingerprint density at radius 2 is 1.68 bits per heavy atom. The second kappa shape index (κ2) is 9.54. The summed E-state index contributed by atoms with van der Waals surface area (Å²) in [5, 5.41) is 3.15. The van der Waals surface area contributed by atoms with E-state index >= 15 is 0 Å². The van der Waals surface area contributed by atoms with Crippen molar-refractivity contribution in [3.05, 3.63) is 66.2 Å². The number of benzene rings is 2. The normalized spacial score (nSPS) is 23.7. The van der Waals surface area contributed by atoms with E-state index in [2.05, 4.69) is 29.3 Å². The minimum Gasteiger partial charge on any atom is -0.370 e. The Balaban J connectivity index is 1.45. The molecule has 1 saturated carbocycles. The number of anilines is 1. The molecule has 2 fully saturated rings. The van der Waals surface area contributed by atoms with Crippen molar-refractivity contribution in [1.29, 1.82) is 0 Å². The third-order valence-electron chi connectivity index (χ3n) is 7.04. The Labute approximate surface area is 185 Å². The first kappa shape index (κ1) is 21.4. The summed E-state index contributed by atoms with van der Waals surface area (Å²) in [6.07, 6.45) is 5.22. The van der Waals surface area contributed by atoms with Gasteiger partial charge in [0, 0.05) is 36.9 Å². The lowest BCUT2D eigenvalue weighted by Crippen LogP contribution is -2.51. The summed E-state index contributed by atoms with van der Waals surface area (Å²) in [5.74, 6) is 0.401. The molecule has 1 saturated heterocycles. The fourth-order valence-corrected chi connectivity index (χ4v) is 5.14. The van der Waals surface area contributed by atoms with Crippen LogP contribution in [0.2, 0.25) is 0 Å². The van der Waals surface area contributed by atoms with Gasteiger partial charge in [-0.2, -0.15) is 0 Å². The average Bonchev–Trinajstić information content (AvgIpc) is 3.22. The molecule has 164 valence electrons. The summed E-state index contributed by atoms with van der Waals surface area (Å²) >= 11 is 0. The van der Waals surface area contributed by atoms with Gasteiger partial charge in [-0.3, -0.25) is 9.59 Å². The highest BCUT2D eigenvalue weighted by Gasteiger charge is 2.47. The monoisotopic (exact) mass is 419 g/mol. The van der Waals surface area contributed by atoms with E-state index in [9.17, 15) is 9.59 Å². The van der Waals surface area contributed by atoms with E-state index in [0.717, 1.165) is 31.4 Å². The van der Waals surface area contributed by atoms with Gasteiger partial charge in [0.05, 0.1) is 0 Å². The van der Waals surface area contributed by atoms with Crippen molar-refractivity contribution >= 4 is 17.5 Å². The number of hydrogen-bond acceptors (Lipinski definition) is 3. The van der Waals surface area contributed by atoms with E-state index < -0.39 is 0 Å². The van der Waals surface area contributed by atoms with E-state index in [4.69, 9.17) is 0 Å². The van der Waals surface area contributed by atoms with Crippen LogP contribution in [0.15, 0.2) is 60.7 Å². The van der Waals surface area contributed by atoms with Gasteiger partial charge in [0.2, 0.25) is 5.91 Å². The van der Waals surface area contributed by atoms with Crippen molar-refractivity contribution in [2.75, 3.05) is 18.5 Å². The Morgan fingerprint density at radius 1 is 1.03 bits per heavy atom. The lowest BCUT2D eigenvalue weighted by molar-refractivity contribution is -0.125. The number of amides is 2. The third kappa shape index (κ3) is 4.60. The average molecular weight is 420 g/mol. The number of likely N-dealkylation sites (N-methyl/N-ethyl adjacent to an activating group) is 1. The molecule has 2 amide bonds. The molecule has 0 radical (unpaired) electrons. The molecule has 2 aromatic carbocycles. The zero-order valence-corrected chi connectivity index (χ0v) is 18.5. The summed E-state index contributed by atoms with van der Waals surface area (Å²) in [5.41, 5.74) is 1.79. The molecular formula is C26H33N3O2. The first-order chi connectivity index (χ1) is 15.1. The molecule has 1 aliphatic carbocycles. The predicted octanol–water partition coefficient (Wildman–Crippen LogP) is 4.10. The highest BCUT2D eigenvalue weighted by molar-refractivity contribution is 5.98. The van der Waals surface area contributed by atoms with E-state index in [-0.39, 0.29) is 29.9 Å². The number of nitrogens with one attached hydrogen (secondary N) is 1. The van der Waals surface area contributed by atoms with E-state index in [1.807, 2.05) is 60.5 Å². The largest absolute Gasteiger partial charge is 0.370 e. The maximum absolute atomic E-state index is 13.4. The number of rotatable bonds is 6. The molecule has 4 rings (SSSR count). The topological polar surface area (TPSA) is 52.7 Å². The minimum absolute atomic E-state index is 0.00963. The Bertz CT molecular complexity index is 886. The summed E-state index contributed by atoms with van der Waals surface area (Å²) in [7, 11) is 2.04. The molecule has 0 bridgehead atoms. The molecule has 1 heterocycles. The third-order valence-corrected chi connectivity index (χ3v) is 7.04. The van der Waals surface area contributed by atoms with Crippen LogP contribution >= 0.6 is 0 Å². The summed E-state index contributed by atoms with van der Waals surface area (Å²) in [6.45, 7) is 2.65. The molecule has 1 aliphatic heterocycles. The number of nitrogens with zero attached hydrogens (tertiary/aromatic N) is 2. The van der Waals surface area contributed by atoms with Crippen molar-refractivity contribution in [2.45, 2.75) is 57.2 Å². The summed E-state index contributed by atoms with van der Waals surface area (Å²) < 4.78 is 0. The van der Waals surface area contributed by atoms with Gasteiger partial charge in [0.25, 0.3) is 5.91 Å². The number of fused-ring (bicyclic) bond motifs is 1. The smallest absolute Gasteiger partial charge is 0.254 e. The van der Waals surface area contributed by atoms with E-state index in [1.54, 1.807) is 0 Å². The fourth-order valence-electron chi connectivity index (χ4n) is 5.14. The highest BCUT2D eigenvalue weighted by Crippen LogP contribution is 2.40. The van der Waals surface area contributed by atoms with Gasteiger partial charge in [-0.25, -0.2) is 0 Å². The zero-order valence-electron chi connectivity index (χ0n) is 18.5. The van der Waals surface area contributed by atoms with Crippen molar-refractivity contribution in [2.24, 2.45) is 5.92 Å². The summed E-state index contributed by atoms with van der Waals surface area (Å²) in [4.78, 5) is 30.7. The van der Waals surface area contributed by atoms with Crippen molar-refractivity contribution in [3.63, 3.8) is 0 Å². The molecule has 5 nitrogen and oxygen atoms in total. The lowest BCUT2D eigenvalue weighted by Gasteiger charge is -2.34. The molecule has 0 aromatic heterocycles. The highest BCUT2D eigenvalue weighted by atomic mass is 16.2. The molecule has 2 aromatic rings. The molecule has 2 aliphatic rings. The van der Waals surface area contributed by atoms with Gasteiger partial charge < -0.3 is 15.1 Å². The van der Waals surface area contributed by atoms with Crippen LogP contribution in [-0.2, 0) is 4.79 Å². The predicted molar refractivity (Wildman–Crippen MR) is 124 cm³/mol. The molecule has 5 heteroatoms. The number of carbonyl (C=O) groups is 2. The first-order valence-electron chi connectivity index (χ1n) is 11.5. The second-order valence-electron chi connectivity index (χ2n) is 8.98. The Morgan fingerprint density at radius 3 is 2.39 bits per heavy atom. The number of carbonyl (C=O) groups excluding carboxylic acids is 2. The molecule has 4 atom stereocenters. The zero-order chi connectivity index (χ0) is 21.8. The van der Waals surface area contributed by atoms with Crippen LogP contribution in [0.3, 0.4) is 0 Å². The van der Waals surface area contributed by atoms with Gasteiger partial charge in [-0.1, -0.05) is 49.2 Å². The molecule has 31 heavy (non-hydrogen) atoms. The molecular weight excluding hydrogens is 386 g/mol. The fraction of sp³-hybridized carbons (Fsp3) is 0.462. The maximum atomic E-state index is 13.4. The standard InChI is InChI=1S/C26H33N3O2/c1-19(28(2)22-14-7-4-8-15-22)18-27-25(30)24-17-21-13-9-10-16-23(21)29(24)26(31)20-11-5-3-6-12-20/h3-8,11-12,14-15,19,21,23-24H,9-10,13,16-18H2,1-2H3,(H,27,30). The number of para-hydroxylation sites is 1. The Kier molecular flexibility index (Phi) is 6.59. The quantitative estimate of drug-likeness (QED) is 0.767. The number of hydrogen-bond donors (Lipinski definition) is 1. The molecule has 4 unspecified atom stereocenters. The minimum atomic E-state index is -0.380. The van der Waals surface area contributed by atoms with Crippen LogP contribution in [0.5, 0.6) is 0 Å². The molecule has 1 N–H and O–H groups in total. The van der Waals surface area contributed by atoms with Crippen molar-refractivity contribution in [3.8, 4) is 0 Å². The van der Waals surface area contributed by atoms with Crippen LogP contribution in [0, 0.1) is 5.92 Å². The second-order valence-corrected chi connectivity index (χ2v) is 8.98. The Hall–Kier alpha value is -2.82. The maximum Gasteiger partial charge on any atom is 0.254 e. The van der Waals surface area contributed by atoms with Crippen LogP contribution in [0.25, 0.3) is 0 Å². The molecule has 0 spiro atoms. The van der Waals surface area contributed by atoms with Crippen LogP contribution in [0.4, 0.5) is 5.69 Å². The van der Waals surface area contributed by atoms with Gasteiger partial charge in [-0.05, 0) is 56.4 Å². The van der Waals surface area contributed by atoms with Crippen LogP contribution < -0.4 is 10.2 Å². The van der Waals surface area contributed by atoms with Crippen molar-refractivity contribution in [1.82, 2.24) is 10.2 Å². The van der Waals surface area contributed by atoms with Crippen LogP contribution in [0.1, 0.15) is 49.4 Å². The van der Waals surface area contributed by atoms with Gasteiger partial charge in [-0.15, -0.1) is 0 Å². The lowest BCUT2D eigenvalue weighted by atomic mass is 9.84. The van der Waals surface area contributed by atoms with E-state index in [0.29, 0.717) is 18.0 Å².